The molecular weight excluding hydrogens is 1370 g/mol. The molecule has 0 aliphatic carbocycles. The predicted molar refractivity (Wildman–Crippen MR) is 432 cm³/mol. The van der Waals surface area contributed by atoms with Gasteiger partial charge in [-0.25, -0.2) is 9.13 Å². The average Bonchev–Trinajstić information content (AvgIpc) is 0.942. The van der Waals surface area contributed by atoms with Crippen molar-refractivity contribution in [2.75, 3.05) is 39.6 Å². The van der Waals surface area contributed by atoms with E-state index in [1.54, 1.807) is 0 Å². The van der Waals surface area contributed by atoms with Gasteiger partial charge in [-0.1, -0.05) is 402 Å². The summed E-state index contributed by atoms with van der Waals surface area (Å²) < 4.78 is 68.9. The van der Waals surface area contributed by atoms with E-state index in [4.69, 9.17) is 37.0 Å². The molecule has 0 aliphatic heterocycles. The third-order valence-electron chi connectivity index (χ3n) is 20.9. The van der Waals surface area contributed by atoms with Gasteiger partial charge in [0.25, 0.3) is 0 Å². The zero-order valence-electron chi connectivity index (χ0n) is 69.2. The van der Waals surface area contributed by atoms with Gasteiger partial charge in [-0.05, 0) is 43.4 Å². The predicted octanol–water partition coefficient (Wildman–Crippen LogP) is 26.1. The van der Waals surface area contributed by atoms with Crippen LogP contribution in [0.3, 0.4) is 0 Å². The van der Waals surface area contributed by atoms with E-state index in [-0.39, 0.29) is 25.7 Å². The summed E-state index contributed by atoms with van der Waals surface area (Å²) in [6.07, 6.45) is 66.4. The number of hydrogen-bond acceptors (Lipinski definition) is 15. The second kappa shape index (κ2) is 76.1. The van der Waals surface area contributed by atoms with Gasteiger partial charge < -0.3 is 33.8 Å². The first-order valence-electron chi connectivity index (χ1n) is 44.4. The Morgan fingerprint density at radius 2 is 0.486 bits per heavy atom. The monoisotopic (exact) mass is 1540 g/mol. The van der Waals surface area contributed by atoms with E-state index in [0.29, 0.717) is 25.7 Å². The molecule has 0 aliphatic rings. The van der Waals surface area contributed by atoms with Crippen molar-refractivity contribution in [2.24, 2.45) is 17.8 Å². The fourth-order valence-corrected chi connectivity index (χ4v) is 14.9. The minimum atomic E-state index is -4.97. The minimum Gasteiger partial charge on any atom is -0.462 e. The number of unbranched alkanes of at least 4 members (excludes halogenated alkanes) is 50. The fraction of sp³-hybridized carbons (Fsp3) is 0.953. The highest BCUT2D eigenvalue weighted by atomic mass is 31.2. The topological polar surface area (TPSA) is 237 Å². The highest BCUT2D eigenvalue weighted by Gasteiger charge is 2.30. The molecule has 0 bridgehead atoms. The molecule has 7 atom stereocenters. The standard InChI is InChI=1S/C86H168O17P2/c1-8-11-12-13-14-15-16-31-39-46-53-60-67-83(88)96-74-82(103-86(91)70-63-56-49-42-35-34-38-45-52-59-66-79(7)10-3)76-101-105(94,95)99-72-80(87)71-98-104(92,93)100-75-81(73-97-84(89)68-61-54-47-40-32-27-24-23-25-29-36-43-50-57-64-77(4)5)102-85(90)69-62-55-48-41-33-28-22-20-18-17-19-21-26-30-37-44-51-58-65-78(6)9-2/h77-82,87H,8-76H2,1-7H3,(H,92,93)(H,94,95)/t78?,79?,80-,81-,82-/m1/s1. The Morgan fingerprint density at radius 1 is 0.276 bits per heavy atom. The van der Waals surface area contributed by atoms with E-state index >= 15 is 0 Å². The highest BCUT2D eigenvalue weighted by molar-refractivity contribution is 7.47. The van der Waals surface area contributed by atoms with Crippen molar-refractivity contribution in [1.82, 2.24) is 0 Å². The highest BCUT2D eigenvalue weighted by Crippen LogP contribution is 2.45. The number of rotatable bonds is 84. The summed E-state index contributed by atoms with van der Waals surface area (Å²) in [6, 6.07) is 0. The molecule has 0 amide bonds. The Labute approximate surface area is 645 Å². The lowest BCUT2D eigenvalue weighted by Crippen LogP contribution is -2.30. The third kappa shape index (κ3) is 77.2. The minimum absolute atomic E-state index is 0.107. The molecule has 3 N–H and O–H groups in total. The Kier molecular flexibility index (Phi) is 74.7. The lowest BCUT2D eigenvalue weighted by atomic mass is 9.99. The van der Waals surface area contributed by atoms with Gasteiger partial charge in [0.05, 0.1) is 26.4 Å². The first kappa shape index (κ1) is 103. The maximum atomic E-state index is 13.1. The SMILES string of the molecule is CCCCCCCCCCCCCCC(=O)OC[C@H](COP(=O)(O)OC[C@H](O)COP(=O)(O)OC[C@@H](COC(=O)CCCCCCCCCCCCCCCCC(C)C)OC(=O)CCCCCCCCCCCCCCCCCCCCC(C)CC)OC(=O)CCCCCCCCCCCCC(C)CC. The molecule has 0 saturated heterocycles. The van der Waals surface area contributed by atoms with Gasteiger partial charge in [0.2, 0.25) is 0 Å². The lowest BCUT2D eigenvalue weighted by Gasteiger charge is -2.21. The maximum absolute atomic E-state index is 13.1. The summed E-state index contributed by atoms with van der Waals surface area (Å²) >= 11 is 0. The molecule has 624 valence electrons. The third-order valence-corrected chi connectivity index (χ3v) is 22.8. The van der Waals surface area contributed by atoms with Gasteiger partial charge in [-0.3, -0.25) is 37.3 Å². The quantitative estimate of drug-likeness (QED) is 0.0222. The molecule has 19 heteroatoms. The zero-order valence-corrected chi connectivity index (χ0v) is 71.0. The summed E-state index contributed by atoms with van der Waals surface area (Å²) in [5.74, 6) is 0.370. The van der Waals surface area contributed by atoms with E-state index in [0.717, 1.165) is 108 Å². The van der Waals surface area contributed by atoms with E-state index in [1.165, 1.54) is 263 Å². The van der Waals surface area contributed by atoms with Crippen molar-refractivity contribution < 1.29 is 80.2 Å². The van der Waals surface area contributed by atoms with Crippen LogP contribution in [0.5, 0.6) is 0 Å². The molecule has 105 heavy (non-hydrogen) atoms. The van der Waals surface area contributed by atoms with Gasteiger partial charge in [0.1, 0.15) is 19.3 Å². The molecule has 0 radical (unpaired) electrons. The number of phosphoric acid groups is 2. The summed E-state index contributed by atoms with van der Waals surface area (Å²) in [4.78, 5) is 73.2. The molecule has 0 fully saturated rings. The van der Waals surface area contributed by atoms with Crippen LogP contribution < -0.4 is 0 Å². The summed E-state index contributed by atoms with van der Waals surface area (Å²) in [5.41, 5.74) is 0. The van der Waals surface area contributed by atoms with Crippen LogP contribution >= 0.6 is 15.6 Å². The maximum Gasteiger partial charge on any atom is 0.472 e. The first-order valence-corrected chi connectivity index (χ1v) is 47.4. The number of esters is 4. The van der Waals surface area contributed by atoms with Crippen molar-refractivity contribution in [2.45, 2.75) is 471 Å². The second-order valence-corrected chi connectivity index (χ2v) is 34.8. The summed E-state index contributed by atoms with van der Waals surface area (Å²) in [6.45, 7) is 12.1. The van der Waals surface area contributed by atoms with Crippen LogP contribution in [0, 0.1) is 17.8 Å². The Morgan fingerprint density at radius 3 is 0.724 bits per heavy atom. The van der Waals surface area contributed by atoms with Gasteiger partial charge in [-0.15, -0.1) is 0 Å². The number of aliphatic hydroxyl groups is 1. The second-order valence-electron chi connectivity index (χ2n) is 31.9. The van der Waals surface area contributed by atoms with Crippen LogP contribution in [0.2, 0.25) is 0 Å². The molecule has 0 spiro atoms. The number of aliphatic hydroxyl groups excluding tert-OH is 1. The smallest absolute Gasteiger partial charge is 0.462 e. The molecule has 0 aromatic carbocycles. The number of carbonyl (C=O) groups is 4. The molecule has 17 nitrogen and oxygen atoms in total. The van der Waals surface area contributed by atoms with Crippen molar-refractivity contribution in [3.8, 4) is 0 Å². The summed E-state index contributed by atoms with van der Waals surface area (Å²) in [5, 5.41) is 10.7. The van der Waals surface area contributed by atoms with Gasteiger partial charge in [0.15, 0.2) is 12.2 Å². The van der Waals surface area contributed by atoms with Crippen LogP contribution in [-0.4, -0.2) is 96.7 Å². The molecule has 0 saturated carbocycles. The summed E-state index contributed by atoms with van der Waals surface area (Å²) in [7, 11) is -9.93. The Bertz CT molecular complexity index is 2030. The number of carbonyl (C=O) groups excluding carboxylic acids is 4. The van der Waals surface area contributed by atoms with Crippen LogP contribution in [0.1, 0.15) is 453 Å². The Hall–Kier alpha value is -1.94. The van der Waals surface area contributed by atoms with Gasteiger partial charge in [0, 0.05) is 25.7 Å². The van der Waals surface area contributed by atoms with Gasteiger partial charge >= 0.3 is 39.5 Å². The van der Waals surface area contributed by atoms with Crippen LogP contribution in [0.4, 0.5) is 0 Å². The van der Waals surface area contributed by atoms with E-state index in [1.807, 2.05) is 0 Å². The molecule has 0 aromatic heterocycles. The van der Waals surface area contributed by atoms with E-state index in [9.17, 15) is 43.2 Å². The largest absolute Gasteiger partial charge is 0.472 e. The molecular formula is C86H168O17P2. The number of hydrogen-bond donors (Lipinski definition) is 3. The molecule has 0 rings (SSSR count). The zero-order chi connectivity index (χ0) is 77.2. The average molecular weight is 1540 g/mol. The van der Waals surface area contributed by atoms with Crippen molar-refractivity contribution in [3.63, 3.8) is 0 Å². The lowest BCUT2D eigenvalue weighted by molar-refractivity contribution is -0.161. The van der Waals surface area contributed by atoms with Crippen LogP contribution in [0.15, 0.2) is 0 Å². The van der Waals surface area contributed by atoms with E-state index in [2.05, 4.69) is 48.5 Å². The van der Waals surface area contributed by atoms with Crippen molar-refractivity contribution in [3.05, 3.63) is 0 Å². The normalized spacial score (nSPS) is 14.4. The van der Waals surface area contributed by atoms with Crippen molar-refractivity contribution in [1.29, 1.82) is 0 Å². The van der Waals surface area contributed by atoms with Crippen LogP contribution in [0.25, 0.3) is 0 Å². The molecule has 0 heterocycles. The van der Waals surface area contributed by atoms with Crippen LogP contribution in [-0.2, 0) is 65.4 Å². The fourth-order valence-electron chi connectivity index (χ4n) is 13.3. The van der Waals surface area contributed by atoms with E-state index < -0.39 is 97.5 Å². The Balaban J connectivity index is 5.25. The molecule has 4 unspecified atom stereocenters. The number of ether oxygens (including phenoxy) is 4. The molecule has 0 aromatic rings. The number of phosphoric ester groups is 2. The van der Waals surface area contributed by atoms with Crippen molar-refractivity contribution >= 4 is 39.5 Å². The van der Waals surface area contributed by atoms with Gasteiger partial charge in [-0.2, -0.15) is 0 Å². The first-order chi connectivity index (χ1) is 50.8.